The lowest BCUT2D eigenvalue weighted by Crippen LogP contribution is -2.39. The third kappa shape index (κ3) is 3.06. The number of likely N-dealkylation sites (tertiary alicyclic amines) is 1. The minimum absolute atomic E-state index is 0.0832. The molecule has 0 aromatic heterocycles. The highest BCUT2D eigenvalue weighted by molar-refractivity contribution is 5.86. The van der Waals surface area contributed by atoms with Crippen molar-refractivity contribution in [2.45, 2.75) is 32.4 Å². The molecular weight excluding hydrogens is 258 g/mol. The van der Waals surface area contributed by atoms with Crippen LogP contribution in [0.15, 0.2) is 54.6 Å². The summed E-state index contributed by atoms with van der Waals surface area (Å²) in [5, 5.41) is 0. The lowest BCUT2D eigenvalue weighted by molar-refractivity contribution is -0.127. The lowest BCUT2D eigenvalue weighted by Gasteiger charge is -2.35. The van der Waals surface area contributed by atoms with E-state index in [2.05, 4.69) is 48.2 Å². The summed E-state index contributed by atoms with van der Waals surface area (Å²) in [6.07, 6.45) is 1.67. The van der Waals surface area contributed by atoms with E-state index in [4.69, 9.17) is 0 Å². The minimum Gasteiger partial charge on any atom is -0.298 e. The number of ketones is 1. The van der Waals surface area contributed by atoms with Gasteiger partial charge in [0.05, 0.1) is 6.04 Å². The zero-order valence-corrected chi connectivity index (χ0v) is 12.5. The summed E-state index contributed by atoms with van der Waals surface area (Å²) < 4.78 is 0. The van der Waals surface area contributed by atoms with E-state index in [-0.39, 0.29) is 6.04 Å². The zero-order valence-electron chi connectivity index (χ0n) is 12.5. The molecule has 2 nitrogen and oxygen atoms in total. The second-order valence-electron chi connectivity index (χ2n) is 5.79. The van der Waals surface area contributed by atoms with Crippen molar-refractivity contribution >= 4 is 5.78 Å². The van der Waals surface area contributed by atoms with Gasteiger partial charge < -0.3 is 0 Å². The summed E-state index contributed by atoms with van der Waals surface area (Å²) in [5.41, 5.74) is 3.64. The number of piperidine rings is 1. The van der Waals surface area contributed by atoms with E-state index < -0.39 is 0 Å². The van der Waals surface area contributed by atoms with Crippen LogP contribution >= 0.6 is 0 Å². The molecule has 1 heterocycles. The second-order valence-corrected chi connectivity index (χ2v) is 5.79. The Morgan fingerprint density at radius 2 is 1.76 bits per heavy atom. The zero-order chi connectivity index (χ0) is 14.7. The van der Waals surface area contributed by atoms with Gasteiger partial charge in [0.15, 0.2) is 5.78 Å². The molecule has 1 unspecified atom stereocenters. The number of benzene rings is 2. The van der Waals surface area contributed by atoms with Crippen LogP contribution in [-0.4, -0.2) is 17.2 Å². The summed E-state index contributed by atoms with van der Waals surface area (Å²) in [6.45, 7) is 3.92. The Hall–Kier alpha value is -1.93. The molecule has 2 aromatic carbocycles. The van der Waals surface area contributed by atoms with Gasteiger partial charge in [-0.05, 0) is 36.6 Å². The Morgan fingerprint density at radius 1 is 1.05 bits per heavy atom. The van der Waals surface area contributed by atoms with E-state index in [0.717, 1.165) is 25.1 Å². The van der Waals surface area contributed by atoms with Gasteiger partial charge in [-0.15, -0.1) is 0 Å². The van der Waals surface area contributed by atoms with Crippen LogP contribution in [0, 0.1) is 6.92 Å². The molecule has 0 N–H and O–H groups in total. The van der Waals surface area contributed by atoms with E-state index >= 15 is 0 Å². The van der Waals surface area contributed by atoms with Crippen LogP contribution in [0.3, 0.4) is 0 Å². The van der Waals surface area contributed by atoms with Crippen LogP contribution in [0.1, 0.15) is 35.6 Å². The van der Waals surface area contributed by atoms with Crippen molar-refractivity contribution in [3.05, 3.63) is 71.3 Å². The van der Waals surface area contributed by atoms with Crippen LogP contribution in [-0.2, 0) is 11.3 Å². The molecule has 1 aliphatic heterocycles. The molecular formula is C19H21NO. The maximum absolute atomic E-state index is 12.5. The molecule has 0 radical (unpaired) electrons. The maximum atomic E-state index is 12.5. The monoisotopic (exact) mass is 279 g/mol. The molecule has 1 saturated heterocycles. The average molecular weight is 279 g/mol. The first-order chi connectivity index (χ1) is 10.3. The molecule has 0 aliphatic carbocycles. The SMILES string of the molecule is Cc1ccccc1C1C(=O)CCCN1Cc1ccccc1. The van der Waals surface area contributed by atoms with E-state index in [0.29, 0.717) is 12.2 Å². The summed E-state index contributed by atoms with van der Waals surface area (Å²) in [4.78, 5) is 14.8. The summed E-state index contributed by atoms with van der Waals surface area (Å²) in [6, 6.07) is 18.6. The number of hydrogen-bond donors (Lipinski definition) is 0. The molecule has 108 valence electrons. The smallest absolute Gasteiger partial charge is 0.154 e. The molecule has 1 fully saturated rings. The van der Waals surface area contributed by atoms with E-state index in [1.54, 1.807) is 0 Å². The van der Waals surface area contributed by atoms with Gasteiger partial charge in [0.1, 0.15) is 0 Å². The molecule has 2 heteroatoms. The topological polar surface area (TPSA) is 20.3 Å². The van der Waals surface area contributed by atoms with Crippen LogP contribution < -0.4 is 0 Å². The first-order valence-electron chi connectivity index (χ1n) is 7.62. The van der Waals surface area contributed by atoms with Gasteiger partial charge in [-0.3, -0.25) is 9.69 Å². The lowest BCUT2D eigenvalue weighted by atomic mass is 9.91. The quantitative estimate of drug-likeness (QED) is 0.849. The van der Waals surface area contributed by atoms with Gasteiger partial charge in [0, 0.05) is 13.0 Å². The largest absolute Gasteiger partial charge is 0.298 e. The third-order valence-corrected chi connectivity index (χ3v) is 4.25. The van der Waals surface area contributed by atoms with Crippen LogP contribution in [0.2, 0.25) is 0 Å². The Balaban J connectivity index is 1.90. The van der Waals surface area contributed by atoms with E-state index in [1.165, 1.54) is 11.1 Å². The summed E-state index contributed by atoms with van der Waals surface area (Å²) >= 11 is 0. The third-order valence-electron chi connectivity index (χ3n) is 4.25. The van der Waals surface area contributed by atoms with Crippen LogP contribution in [0.5, 0.6) is 0 Å². The first kappa shape index (κ1) is 14.0. The fourth-order valence-corrected chi connectivity index (χ4v) is 3.18. The van der Waals surface area contributed by atoms with Crippen molar-refractivity contribution in [3.63, 3.8) is 0 Å². The van der Waals surface area contributed by atoms with Crippen LogP contribution in [0.25, 0.3) is 0 Å². The van der Waals surface area contributed by atoms with Crippen molar-refractivity contribution in [2.75, 3.05) is 6.54 Å². The number of carbonyl (C=O) groups excluding carboxylic acids is 1. The van der Waals surface area contributed by atoms with Crippen molar-refractivity contribution in [1.82, 2.24) is 4.90 Å². The van der Waals surface area contributed by atoms with Gasteiger partial charge >= 0.3 is 0 Å². The number of aryl methyl sites for hydroxylation is 1. The fourth-order valence-electron chi connectivity index (χ4n) is 3.18. The Labute approximate surface area is 126 Å². The number of Topliss-reactive ketones (excluding diaryl/α,β-unsaturated/α-hetero) is 1. The summed E-state index contributed by atoms with van der Waals surface area (Å²) in [7, 11) is 0. The number of nitrogens with zero attached hydrogens (tertiary/aromatic N) is 1. The highest BCUT2D eigenvalue weighted by atomic mass is 16.1. The molecule has 21 heavy (non-hydrogen) atoms. The minimum atomic E-state index is -0.0832. The van der Waals surface area contributed by atoms with Gasteiger partial charge in [-0.25, -0.2) is 0 Å². The Kier molecular flexibility index (Phi) is 4.16. The Bertz CT molecular complexity index is 620. The molecule has 0 spiro atoms. The van der Waals surface area contributed by atoms with E-state index in [1.807, 2.05) is 18.2 Å². The molecule has 0 bridgehead atoms. The maximum Gasteiger partial charge on any atom is 0.154 e. The van der Waals surface area contributed by atoms with E-state index in [9.17, 15) is 4.79 Å². The van der Waals surface area contributed by atoms with Gasteiger partial charge in [0.25, 0.3) is 0 Å². The molecule has 1 atom stereocenters. The normalized spacial score (nSPS) is 19.7. The predicted molar refractivity (Wildman–Crippen MR) is 85.0 cm³/mol. The predicted octanol–water partition coefficient (Wildman–Crippen LogP) is 3.90. The average Bonchev–Trinajstić information content (AvgIpc) is 2.50. The Morgan fingerprint density at radius 3 is 2.52 bits per heavy atom. The van der Waals surface area contributed by atoms with Gasteiger partial charge in [-0.2, -0.15) is 0 Å². The van der Waals surface area contributed by atoms with Crippen LogP contribution in [0.4, 0.5) is 0 Å². The molecule has 1 aliphatic rings. The molecule has 0 amide bonds. The van der Waals surface area contributed by atoms with Gasteiger partial charge in [-0.1, -0.05) is 54.6 Å². The van der Waals surface area contributed by atoms with Gasteiger partial charge in [0.2, 0.25) is 0 Å². The number of rotatable bonds is 3. The highest BCUT2D eigenvalue weighted by Gasteiger charge is 2.31. The fraction of sp³-hybridized carbons (Fsp3) is 0.316. The molecule has 3 rings (SSSR count). The van der Waals surface area contributed by atoms with Crippen molar-refractivity contribution in [3.8, 4) is 0 Å². The highest BCUT2D eigenvalue weighted by Crippen LogP contribution is 2.31. The molecule has 0 saturated carbocycles. The summed E-state index contributed by atoms with van der Waals surface area (Å²) in [5.74, 6) is 0.353. The standard InChI is InChI=1S/C19H21NO/c1-15-8-5-6-11-17(15)19-18(21)12-7-13-20(19)14-16-9-3-2-4-10-16/h2-6,8-11,19H,7,12-14H2,1H3. The van der Waals surface area contributed by atoms with Crippen molar-refractivity contribution < 1.29 is 4.79 Å². The number of carbonyl (C=O) groups is 1. The second kappa shape index (κ2) is 6.23. The first-order valence-corrected chi connectivity index (χ1v) is 7.62. The molecule has 2 aromatic rings. The van der Waals surface area contributed by atoms with Crippen molar-refractivity contribution in [2.24, 2.45) is 0 Å². The number of hydrogen-bond acceptors (Lipinski definition) is 2. The van der Waals surface area contributed by atoms with Crippen molar-refractivity contribution in [1.29, 1.82) is 0 Å².